The Bertz CT molecular complexity index is 3070. The van der Waals surface area contributed by atoms with E-state index >= 15 is 0 Å². The molecule has 0 bridgehead atoms. The number of halogens is 4. The Balaban J connectivity index is 0.000000333. The number of aromatic nitrogens is 6. The van der Waals surface area contributed by atoms with Gasteiger partial charge < -0.3 is 43.7 Å². The highest BCUT2D eigenvalue weighted by atomic mass is 35.5. The van der Waals surface area contributed by atoms with Crippen LogP contribution in [0, 0.1) is 0 Å². The third-order valence-corrected chi connectivity index (χ3v) is 11.4. The molecule has 0 aliphatic heterocycles. The van der Waals surface area contributed by atoms with Crippen LogP contribution in [0.1, 0.15) is 41.0 Å². The SMILES string of the molecule is CCc1ccc(COc2ccc(-n3c(=O)cc(C(F)(F)F)n(C)c3=O)cc2)c(OC(C)C(=O)OC)c1.COc1cc(OC)nc(NC(=O)NS(=O)(=O)c2c(C(=O)O)c(Cl)nn2C)n1.O=C(O)CNCP(=O)(O)O. The van der Waals surface area contributed by atoms with Crippen LogP contribution in [0.3, 0.4) is 0 Å². The highest BCUT2D eigenvalue weighted by molar-refractivity contribution is 7.90. The molecule has 2 amide bonds. The molecule has 3 heterocycles. The molecule has 0 radical (unpaired) electrons. The number of nitrogens with one attached hydrogen (secondary N) is 3. The second-order valence-electron chi connectivity index (χ2n) is 14.3. The van der Waals surface area contributed by atoms with Gasteiger partial charge in [-0.05, 0) is 49.2 Å². The summed E-state index contributed by atoms with van der Waals surface area (Å²) < 4.78 is 103. The number of nitrogens with zero attached hydrogens (tertiary/aromatic N) is 6. The lowest BCUT2D eigenvalue weighted by molar-refractivity contribution is -0.148. The van der Waals surface area contributed by atoms with Crippen molar-refractivity contribution in [2.24, 2.45) is 14.1 Å². The molecule has 5 rings (SSSR count). The molecule has 0 saturated carbocycles. The van der Waals surface area contributed by atoms with Crippen LogP contribution < -0.4 is 45.6 Å². The number of sulfonamides is 1. The number of alkyl halides is 3. The predicted octanol–water partition coefficient (Wildman–Crippen LogP) is 2.52. The highest BCUT2D eigenvalue weighted by Crippen LogP contribution is 2.32. The smallest absolute Gasteiger partial charge is 0.431 e. The third kappa shape index (κ3) is 17.3. The number of hydrogen-bond acceptors (Lipinski definition) is 18. The van der Waals surface area contributed by atoms with Crippen LogP contribution in [-0.4, -0.2) is 122 Å². The minimum atomic E-state index is -4.84. The van der Waals surface area contributed by atoms with Crippen molar-refractivity contribution in [3.05, 3.63) is 103 Å². The van der Waals surface area contributed by atoms with E-state index in [1.165, 1.54) is 51.7 Å². The molecule has 73 heavy (non-hydrogen) atoms. The molecule has 2 aromatic carbocycles. The summed E-state index contributed by atoms with van der Waals surface area (Å²) in [6.45, 7) is 3.19. The number of hydrogen-bond donors (Lipinski definition) is 7. The van der Waals surface area contributed by atoms with E-state index in [9.17, 15) is 54.9 Å². The molecule has 1 atom stereocenters. The van der Waals surface area contributed by atoms with Gasteiger partial charge in [0.25, 0.3) is 15.6 Å². The normalized spacial score (nSPS) is 11.6. The number of esters is 1. The molecule has 33 heteroatoms. The third-order valence-electron chi connectivity index (χ3n) is 9.04. The standard InChI is InChI=1S/C25H25F3N2O6.C12H13ClN6O7S.C3H8NO5P/c1-5-16-6-7-17(20(12-16)36-15(2)23(32)34-4)14-35-19-10-8-18(9-11-19)30-22(31)13-21(25(26,27)28)29(3)24(30)33;1-19-9(7(10(20)21)8(13)17-19)27(23,24)18-12(22)16-11-14-5(25-2)4-6(15-11)26-3;5-3(6)1-4-2-10(7,8)9/h6-13,15H,5,14H2,1-4H3;4H,1-3H3,(H,20,21)(H2,14,15,16,18,22);4H,1-2H2,(H,5,6)(H2,7,8,9). The van der Waals surface area contributed by atoms with Crippen LogP contribution in [0.25, 0.3) is 5.69 Å². The lowest BCUT2D eigenvalue weighted by Gasteiger charge is -2.17. The number of aliphatic carboxylic acids is 1. The van der Waals surface area contributed by atoms with Gasteiger partial charge in [-0.3, -0.25) is 34.0 Å². The molecular formula is C40H46ClF3N9O18PS. The first-order valence-corrected chi connectivity index (χ1v) is 23.9. The van der Waals surface area contributed by atoms with E-state index < -0.39 is 99.4 Å². The Kier molecular flexibility index (Phi) is 21.0. The van der Waals surface area contributed by atoms with Gasteiger partial charge in [0.2, 0.25) is 17.7 Å². The number of ether oxygens (including phenoxy) is 5. The lowest BCUT2D eigenvalue weighted by atomic mass is 10.1. The molecule has 27 nitrogen and oxygen atoms in total. The molecule has 0 aliphatic carbocycles. The molecule has 0 aliphatic rings. The zero-order valence-corrected chi connectivity index (χ0v) is 41.6. The lowest BCUT2D eigenvalue weighted by Crippen LogP contribution is -2.40. The van der Waals surface area contributed by atoms with Gasteiger partial charge in [0.1, 0.15) is 29.4 Å². The number of anilines is 1. The van der Waals surface area contributed by atoms with E-state index in [0.29, 0.717) is 36.9 Å². The fourth-order valence-electron chi connectivity index (χ4n) is 5.68. The minimum absolute atomic E-state index is 0.0478. The Morgan fingerprint density at radius 3 is 2.04 bits per heavy atom. The Hall–Kier alpha value is -7.57. The van der Waals surface area contributed by atoms with Gasteiger partial charge in [-0.1, -0.05) is 30.7 Å². The summed E-state index contributed by atoms with van der Waals surface area (Å²) in [5.41, 5.74) is -2.58. The zero-order valence-electron chi connectivity index (χ0n) is 39.2. The second kappa shape index (κ2) is 25.7. The number of aryl methyl sites for hydroxylation is 2. The monoisotopic (exact) mass is 1100 g/mol. The van der Waals surface area contributed by atoms with Gasteiger partial charge in [-0.25, -0.2) is 28.5 Å². The van der Waals surface area contributed by atoms with E-state index in [0.717, 1.165) is 26.1 Å². The van der Waals surface area contributed by atoms with E-state index in [1.807, 2.05) is 25.1 Å². The minimum Gasteiger partial charge on any atom is -0.489 e. The van der Waals surface area contributed by atoms with Crippen molar-refractivity contribution in [2.45, 2.75) is 44.2 Å². The molecule has 5 aromatic rings. The van der Waals surface area contributed by atoms with Gasteiger partial charge in [0.05, 0.1) is 45.9 Å². The van der Waals surface area contributed by atoms with Gasteiger partial charge in [-0.15, -0.1) is 0 Å². The largest absolute Gasteiger partial charge is 0.489 e. The van der Waals surface area contributed by atoms with E-state index in [-0.39, 0.29) is 30.0 Å². The quantitative estimate of drug-likeness (QED) is 0.0489. The average Bonchev–Trinajstić information content (AvgIpc) is 3.63. The number of amides is 2. The van der Waals surface area contributed by atoms with Crippen molar-refractivity contribution < 1.29 is 89.0 Å². The Morgan fingerprint density at radius 1 is 0.932 bits per heavy atom. The van der Waals surface area contributed by atoms with Gasteiger partial charge >= 0.3 is 43.4 Å². The Morgan fingerprint density at radius 2 is 1.53 bits per heavy atom. The van der Waals surface area contributed by atoms with Crippen molar-refractivity contribution in [2.75, 3.05) is 39.5 Å². The number of carboxylic acid groups (broad SMARTS) is 2. The number of rotatable bonds is 18. The van der Waals surface area contributed by atoms with E-state index in [4.69, 9.17) is 55.3 Å². The number of carboxylic acids is 2. The summed E-state index contributed by atoms with van der Waals surface area (Å²) in [6, 6.07) is 11.7. The summed E-state index contributed by atoms with van der Waals surface area (Å²) in [5.74, 6) is -2.68. The first-order chi connectivity index (χ1) is 34.0. The van der Waals surface area contributed by atoms with Crippen LogP contribution in [0.4, 0.5) is 23.9 Å². The first-order valence-electron chi connectivity index (χ1n) is 20.2. The number of benzene rings is 2. The number of carbonyl (C=O) groups excluding carboxylic acids is 2. The van der Waals surface area contributed by atoms with Crippen LogP contribution in [0.2, 0.25) is 5.15 Å². The van der Waals surface area contributed by atoms with Gasteiger partial charge in [0, 0.05) is 25.7 Å². The van der Waals surface area contributed by atoms with Crippen molar-refractivity contribution >= 4 is 59.1 Å². The summed E-state index contributed by atoms with van der Waals surface area (Å²) >= 11 is 5.63. The van der Waals surface area contributed by atoms with Crippen molar-refractivity contribution in [1.29, 1.82) is 0 Å². The van der Waals surface area contributed by atoms with E-state index in [1.54, 1.807) is 11.6 Å². The summed E-state index contributed by atoms with van der Waals surface area (Å²) in [5, 5.41) is 23.4. The maximum Gasteiger partial charge on any atom is 0.431 e. The molecular weight excluding hydrogens is 1050 g/mol. The van der Waals surface area contributed by atoms with Crippen LogP contribution in [0.15, 0.2) is 69.2 Å². The number of urea groups is 1. The predicted molar refractivity (Wildman–Crippen MR) is 247 cm³/mol. The second-order valence-corrected chi connectivity index (χ2v) is 17.9. The van der Waals surface area contributed by atoms with Crippen LogP contribution in [-0.2, 0) is 62.2 Å². The average molecular weight is 1100 g/mol. The fraction of sp³-hybridized carbons (Fsp3) is 0.325. The van der Waals surface area contributed by atoms with E-state index in [2.05, 4.69) is 25.7 Å². The maximum atomic E-state index is 13.1. The molecule has 0 fully saturated rings. The van der Waals surface area contributed by atoms with Crippen molar-refractivity contribution in [3.8, 4) is 28.9 Å². The molecule has 1 unspecified atom stereocenters. The summed E-state index contributed by atoms with van der Waals surface area (Å²) in [4.78, 5) is 93.5. The maximum absolute atomic E-state index is 13.1. The zero-order chi connectivity index (χ0) is 55.2. The topological polar surface area (TPSA) is 370 Å². The molecule has 7 N–H and O–H groups in total. The molecule has 398 valence electrons. The van der Waals surface area contributed by atoms with Crippen molar-refractivity contribution in [1.82, 2.24) is 38.9 Å². The van der Waals surface area contributed by atoms with Crippen LogP contribution in [0.5, 0.6) is 23.3 Å². The number of aromatic carboxylic acids is 1. The fourth-order valence-corrected chi connectivity index (χ4v) is 7.66. The molecule has 3 aromatic heterocycles. The summed E-state index contributed by atoms with van der Waals surface area (Å²) in [6.07, 6.45) is -5.51. The number of methoxy groups -OCH3 is 3. The van der Waals surface area contributed by atoms with Crippen molar-refractivity contribution in [3.63, 3.8) is 0 Å². The molecule has 0 saturated heterocycles. The summed E-state index contributed by atoms with van der Waals surface area (Å²) in [7, 11) is -2.74. The number of carbonyl (C=O) groups is 4. The van der Waals surface area contributed by atoms with Crippen LogP contribution >= 0.6 is 19.2 Å². The first kappa shape index (κ1) is 59.7. The highest BCUT2D eigenvalue weighted by Gasteiger charge is 2.35. The molecule has 0 spiro atoms. The van der Waals surface area contributed by atoms with Gasteiger partial charge in [-0.2, -0.15) is 36.7 Å². The van der Waals surface area contributed by atoms with Gasteiger partial charge in [0.15, 0.2) is 16.3 Å². The Labute approximate surface area is 415 Å².